The average molecular weight is 306 g/mol. The summed E-state index contributed by atoms with van der Waals surface area (Å²) in [5.74, 6) is -1.37. The summed E-state index contributed by atoms with van der Waals surface area (Å²) in [5, 5.41) is 9.18. The first-order chi connectivity index (χ1) is 9.29. The van der Waals surface area contributed by atoms with Crippen molar-refractivity contribution in [1.82, 2.24) is 9.03 Å². The Kier molecular flexibility index (Phi) is 6.42. The third-order valence-corrected chi connectivity index (χ3v) is 5.83. The summed E-state index contributed by atoms with van der Waals surface area (Å²) >= 11 is 0. The summed E-state index contributed by atoms with van der Waals surface area (Å²) in [7, 11) is -2.22. The predicted molar refractivity (Wildman–Crippen MR) is 77.6 cm³/mol. The Morgan fingerprint density at radius 2 is 1.90 bits per heavy atom. The minimum absolute atomic E-state index is 0.0207. The van der Waals surface area contributed by atoms with Crippen molar-refractivity contribution in [1.29, 1.82) is 0 Å². The molecule has 0 saturated heterocycles. The molecule has 20 heavy (non-hydrogen) atoms. The van der Waals surface area contributed by atoms with E-state index in [2.05, 4.69) is 4.72 Å². The molecule has 0 aromatic heterocycles. The zero-order chi connectivity index (χ0) is 15.3. The Bertz CT molecular complexity index is 418. The Balaban J connectivity index is 2.78. The van der Waals surface area contributed by atoms with Crippen molar-refractivity contribution in [3.8, 4) is 0 Å². The summed E-state index contributed by atoms with van der Waals surface area (Å²) < 4.78 is 28.3. The number of rotatable bonds is 7. The van der Waals surface area contributed by atoms with Crippen LogP contribution in [-0.4, -0.2) is 42.9 Å². The third-order valence-electron chi connectivity index (χ3n) is 4.22. The number of hydrogen-bond acceptors (Lipinski definition) is 3. The van der Waals surface area contributed by atoms with Gasteiger partial charge in [-0.15, -0.1) is 0 Å². The fourth-order valence-corrected chi connectivity index (χ4v) is 3.95. The quantitative estimate of drug-likeness (QED) is 0.747. The van der Waals surface area contributed by atoms with Crippen LogP contribution in [0.3, 0.4) is 0 Å². The van der Waals surface area contributed by atoms with Crippen LogP contribution in [0, 0.1) is 5.92 Å². The van der Waals surface area contributed by atoms with Gasteiger partial charge in [-0.2, -0.15) is 17.4 Å². The molecule has 1 aliphatic carbocycles. The highest BCUT2D eigenvalue weighted by molar-refractivity contribution is 7.87. The van der Waals surface area contributed by atoms with Gasteiger partial charge in [0.2, 0.25) is 0 Å². The van der Waals surface area contributed by atoms with Gasteiger partial charge in [-0.1, -0.05) is 39.5 Å². The first-order valence-electron chi connectivity index (χ1n) is 7.27. The minimum Gasteiger partial charge on any atom is -0.480 e. The fourth-order valence-electron chi connectivity index (χ4n) is 2.53. The Morgan fingerprint density at radius 1 is 1.35 bits per heavy atom. The van der Waals surface area contributed by atoms with Crippen LogP contribution in [0.15, 0.2) is 0 Å². The topological polar surface area (TPSA) is 86.7 Å². The van der Waals surface area contributed by atoms with E-state index in [0.717, 1.165) is 32.1 Å². The monoisotopic (exact) mass is 306 g/mol. The standard InChI is InChI=1S/C13H26N2O4S/c1-4-10(2)12(13(16)17)14-20(18,19)15(3)11-8-6-5-7-9-11/h10-12,14H,4-9H2,1-3H3,(H,16,17)/t10?,12-/m0/s1. The van der Waals surface area contributed by atoms with E-state index in [0.29, 0.717) is 6.42 Å². The zero-order valence-corrected chi connectivity index (χ0v) is 13.3. The molecule has 2 atom stereocenters. The lowest BCUT2D eigenvalue weighted by Gasteiger charge is -2.32. The van der Waals surface area contributed by atoms with E-state index in [1.807, 2.05) is 6.92 Å². The van der Waals surface area contributed by atoms with Gasteiger partial charge in [-0.3, -0.25) is 4.79 Å². The number of carboxylic acid groups (broad SMARTS) is 1. The van der Waals surface area contributed by atoms with Crippen molar-refractivity contribution >= 4 is 16.2 Å². The molecule has 1 fully saturated rings. The Labute approximate surface area is 121 Å². The molecular formula is C13H26N2O4S. The average Bonchev–Trinajstić information content (AvgIpc) is 2.43. The first-order valence-corrected chi connectivity index (χ1v) is 8.71. The number of carbonyl (C=O) groups is 1. The molecule has 0 bridgehead atoms. The molecule has 1 aliphatic rings. The van der Waals surface area contributed by atoms with Crippen molar-refractivity contribution < 1.29 is 18.3 Å². The summed E-state index contributed by atoms with van der Waals surface area (Å²) in [6, 6.07) is -1.09. The fraction of sp³-hybridized carbons (Fsp3) is 0.923. The molecule has 2 N–H and O–H groups in total. The number of aliphatic carboxylic acids is 1. The summed E-state index contributed by atoms with van der Waals surface area (Å²) in [4.78, 5) is 11.2. The van der Waals surface area contributed by atoms with Gasteiger partial charge in [0.25, 0.3) is 10.2 Å². The molecule has 0 aromatic carbocycles. The molecule has 0 heterocycles. The van der Waals surface area contributed by atoms with Crippen LogP contribution in [0.25, 0.3) is 0 Å². The highest BCUT2D eigenvalue weighted by atomic mass is 32.2. The first kappa shape index (κ1) is 17.4. The molecule has 0 amide bonds. The summed E-state index contributed by atoms with van der Waals surface area (Å²) in [5.41, 5.74) is 0. The van der Waals surface area contributed by atoms with E-state index in [1.165, 1.54) is 11.4 Å². The van der Waals surface area contributed by atoms with E-state index in [4.69, 9.17) is 0 Å². The summed E-state index contributed by atoms with van der Waals surface area (Å²) in [6.07, 6.45) is 5.49. The third kappa shape index (κ3) is 4.43. The van der Waals surface area contributed by atoms with Crippen molar-refractivity contribution in [2.24, 2.45) is 5.92 Å². The van der Waals surface area contributed by atoms with Crippen LogP contribution >= 0.6 is 0 Å². The van der Waals surface area contributed by atoms with E-state index in [9.17, 15) is 18.3 Å². The van der Waals surface area contributed by atoms with Crippen LogP contribution in [-0.2, 0) is 15.0 Å². The molecule has 0 aromatic rings. The van der Waals surface area contributed by atoms with Gasteiger partial charge in [0.1, 0.15) is 6.04 Å². The van der Waals surface area contributed by atoms with Crippen LogP contribution in [0.1, 0.15) is 52.4 Å². The molecule has 1 unspecified atom stereocenters. The number of hydrogen-bond donors (Lipinski definition) is 2. The predicted octanol–water partition coefficient (Wildman–Crippen LogP) is 1.58. The maximum absolute atomic E-state index is 12.3. The largest absolute Gasteiger partial charge is 0.480 e. The van der Waals surface area contributed by atoms with E-state index in [-0.39, 0.29) is 12.0 Å². The maximum Gasteiger partial charge on any atom is 0.322 e. The molecule has 118 valence electrons. The SMILES string of the molecule is CCC(C)[C@H](NS(=O)(=O)N(C)C1CCCCC1)C(=O)O. The summed E-state index contributed by atoms with van der Waals surface area (Å²) in [6.45, 7) is 3.58. The lowest BCUT2D eigenvalue weighted by molar-refractivity contribution is -0.140. The maximum atomic E-state index is 12.3. The van der Waals surface area contributed by atoms with Gasteiger partial charge in [0.05, 0.1) is 0 Å². The van der Waals surface area contributed by atoms with Gasteiger partial charge in [0.15, 0.2) is 0 Å². The lowest BCUT2D eigenvalue weighted by atomic mass is 9.96. The van der Waals surface area contributed by atoms with Crippen LogP contribution in [0.4, 0.5) is 0 Å². The molecule has 6 nitrogen and oxygen atoms in total. The van der Waals surface area contributed by atoms with E-state index in [1.54, 1.807) is 6.92 Å². The number of carboxylic acids is 1. The highest BCUT2D eigenvalue weighted by Gasteiger charge is 2.33. The molecule has 1 rings (SSSR count). The van der Waals surface area contributed by atoms with E-state index >= 15 is 0 Å². The number of nitrogens with one attached hydrogen (secondary N) is 1. The Morgan fingerprint density at radius 3 is 2.35 bits per heavy atom. The van der Waals surface area contributed by atoms with E-state index < -0.39 is 22.2 Å². The highest BCUT2D eigenvalue weighted by Crippen LogP contribution is 2.23. The lowest BCUT2D eigenvalue weighted by Crippen LogP contribution is -2.52. The normalized spacial score (nSPS) is 20.8. The van der Waals surface area contributed by atoms with Crippen LogP contribution < -0.4 is 4.72 Å². The number of nitrogens with zero attached hydrogens (tertiary/aromatic N) is 1. The van der Waals surface area contributed by atoms with Gasteiger partial charge in [-0.05, 0) is 18.8 Å². The minimum atomic E-state index is -3.76. The molecule has 1 saturated carbocycles. The molecule has 7 heteroatoms. The van der Waals surface area contributed by atoms with Crippen molar-refractivity contribution in [2.75, 3.05) is 7.05 Å². The van der Waals surface area contributed by atoms with Crippen molar-refractivity contribution in [3.63, 3.8) is 0 Å². The van der Waals surface area contributed by atoms with Crippen LogP contribution in [0.2, 0.25) is 0 Å². The molecule has 0 spiro atoms. The molecular weight excluding hydrogens is 280 g/mol. The van der Waals surface area contributed by atoms with Gasteiger partial charge in [0, 0.05) is 13.1 Å². The smallest absolute Gasteiger partial charge is 0.322 e. The molecule has 0 aliphatic heterocycles. The van der Waals surface area contributed by atoms with Crippen molar-refractivity contribution in [3.05, 3.63) is 0 Å². The van der Waals surface area contributed by atoms with Gasteiger partial charge >= 0.3 is 5.97 Å². The Hall–Kier alpha value is -0.660. The van der Waals surface area contributed by atoms with Gasteiger partial charge in [-0.25, -0.2) is 0 Å². The van der Waals surface area contributed by atoms with Gasteiger partial charge < -0.3 is 5.11 Å². The molecule has 0 radical (unpaired) electrons. The van der Waals surface area contributed by atoms with Crippen molar-refractivity contribution in [2.45, 2.75) is 64.5 Å². The van der Waals surface area contributed by atoms with Crippen LogP contribution in [0.5, 0.6) is 0 Å². The zero-order valence-electron chi connectivity index (χ0n) is 12.5. The second-order valence-electron chi connectivity index (χ2n) is 5.63. The second-order valence-corrected chi connectivity index (χ2v) is 7.39. The second kappa shape index (κ2) is 7.38.